The number of hydrogen-bond acceptors (Lipinski definition) is 6. The molecule has 0 aromatic rings. The maximum Gasteiger partial charge on any atom is 0.134 e. The van der Waals surface area contributed by atoms with Crippen LogP contribution in [0.15, 0.2) is 0 Å². The standard InChI is InChI=1S/C15H35NO5Si2/c1-17-14(18-2)22-9-5-7-16(11-13-12-21-13)8-6-10-23-15(19-3)20-4/h13-15H,5-12,22-23H2,1-4H3. The van der Waals surface area contributed by atoms with Gasteiger partial charge >= 0.3 is 0 Å². The molecule has 1 unspecified atom stereocenters. The zero-order chi connectivity index (χ0) is 16.9. The molecule has 0 bridgehead atoms. The van der Waals surface area contributed by atoms with Crippen LogP contribution in [0.3, 0.4) is 0 Å². The van der Waals surface area contributed by atoms with Crippen LogP contribution >= 0.6 is 0 Å². The summed E-state index contributed by atoms with van der Waals surface area (Å²) >= 11 is 0. The van der Waals surface area contributed by atoms with E-state index in [4.69, 9.17) is 23.7 Å². The maximum atomic E-state index is 5.39. The van der Waals surface area contributed by atoms with Crippen molar-refractivity contribution in [3.05, 3.63) is 0 Å². The number of ether oxygens (including phenoxy) is 5. The molecule has 0 aromatic heterocycles. The Labute approximate surface area is 145 Å². The SMILES string of the molecule is COC(OC)[SiH2]CCCN(CCC[SiH2]C(OC)OC)CC1CO1. The number of epoxide rings is 1. The van der Waals surface area contributed by atoms with Crippen LogP contribution in [-0.2, 0) is 23.7 Å². The number of rotatable bonds is 16. The second-order valence-corrected chi connectivity index (χ2v) is 9.95. The molecule has 0 aromatic carbocycles. The van der Waals surface area contributed by atoms with E-state index >= 15 is 0 Å². The fourth-order valence-corrected chi connectivity index (χ4v) is 5.35. The van der Waals surface area contributed by atoms with Crippen molar-refractivity contribution in [1.29, 1.82) is 0 Å². The van der Waals surface area contributed by atoms with Crippen molar-refractivity contribution in [2.75, 3.05) is 54.7 Å². The van der Waals surface area contributed by atoms with Crippen molar-refractivity contribution in [3.63, 3.8) is 0 Å². The molecule has 8 heteroatoms. The van der Waals surface area contributed by atoms with Gasteiger partial charge in [-0.3, -0.25) is 0 Å². The summed E-state index contributed by atoms with van der Waals surface area (Å²) in [7, 11) is 6.33. The van der Waals surface area contributed by atoms with Gasteiger partial charge in [-0.05, 0) is 25.9 Å². The summed E-state index contributed by atoms with van der Waals surface area (Å²) in [5, 5.41) is 0. The van der Waals surface area contributed by atoms with Crippen LogP contribution in [0.1, 0.15) is 12.8 Å². The monoisotopic (exact) mass is 365 g/mol. The molecule has 1 rings (SSSR count). The Balaban J connectivity index is 2.13. The third-order valence-corrected chi connectivity index (χ3v) is 8.34. The lowest BCUT2D eigenvalue weighted by Crippen LogP contribution is -2.31. The summed E-state index contributed by atoms with van der Waals surface area (Å²) < 4.78 is 26.6. The van der Waals surface area contributed by atoms with Crippen LogP contribution in [0.5, 0.6) is 0 Å². The molecule has 23 heavy (non-hydrogen) atoms. The van der Waals surface area contributed by atoms with E-state index in [-0.39, 0.29) is 30.9 Å². The molecule has 0 radical (unpaired) electrons. The lowest BCUT2D eigenvalue weighted by Gasteiger charge is -2.22. The molecule has 1 saturated heterocycles. The molecule has 1 fully saturated rings. The zero-order valence-corrected chi connectivity index (χ0v) is 18.1. The van der Waals surface area contributed by atoms with E-state index in [0.717, 1.165) is 26.2 Å². The largest absolute Gasteiger partial charge is 0.372 e. The molecule has 6 nitrogen and oxygen atoms in total. The second kappa shape index (κ2) is 13.5. The molecule has 0 amide bonds. The Bertz CT molecular complexity index is 257. The Morgan fingerprint density at radius 2 is 1.35 bits per heavy atom. The number of hydrogen-bond donors (Lipinski definition) is 0. The van der Waals surface area contributed by atoms with Gasteiger partial charge in [-0.2, -0.15) is 0 Å². The molecular weight excluding hydrogens is 330 g/mol. The first-order valence-electron chi connectivity index (χ1n) is 8.68. The van der Waals surface area contributed by atoms with Gasteiger partial charge in [0.2, 0.25) is 0 Å². The Morgan fingerprint density at radius 3 is 1.70 bits per heavy atom. The lowest BCUT2D eigenvalue weighted by atomic mass is 10.3. The van der Waals surface area contributed by atoms with Gasteiger partial charge in [-0.1, -0.05) is 12.1 Å². The third-order valence-electron chi connectivity index (χ3n) is 4.24. The van der Waals surface area contributed by atoms with Gasteiger partial charge in [0.15, 0.2) is 0 Å². The normalized spacial score (nSPS) is 18.7. The summed E-state index contributed by atoms with van der Waals surface area (Å²) in [6.45, 7) is 4.34. The minimum atomic E-state index is -0.298. The van der Waals surface area contributed by atoms with E-state index in [1.54, 1.807) is 28.4 Å². The van der Waals surface area contributed by atoms with E-state index < -0.39 is 0 Å². The maximum absolute atomic E-state index is 5.39. The first-order chi connectivity index (χ1) is 11.2. The minimum absolute atomic E-state index is 0.0706. The van der Waals surface area contributed by atoms with Crippen LogP contribution < -0.4 is 0 Å². The fourth-order valence-electron chi connectivity index (χ4n) is 2.71. The molecule has 1 aliphatic rings. The molecule has 0 N–H and O–H groups in total. The van der Waals surface area contributed by atoms with Gasteiger partial charge in [0, 0.05) is 35.0 Å². The first kappa shape index (κ1) is 21.2. The molecular formula is C15H35NO5Si2. The summed E-state index contributed by atoms with van der Waals surface area (Å²) in [6, 6.07) is 2.52. The van der Waals surface area contributed by atoms with Gasteiger partial charge in [-0.15, -0.1) is 0 Å². The Hall–Kier alpha value is 0.194. The predicted octanol–water partition coefficient (Wildman–Crippen LogP) is -0.206. The molecule has 1 aliphatic heterocycles. The number of nitrogens with zero attached hydrogens (tertiary/aromatic N) is 1. The van der Waals surface area contributed by atoms with Crippen molar-refractivity contribution in [2.45, 2.75) is 42.9 Å². The van der Waals surface area contributed by atoms with Crippen molar-refractivity contribution in [3.8, 4) is 0 Å². The topological polar surface area (TPSA) is 52.7 Å². The summed E-state index contributed by atoms with van der Waals surface area (Å²) in [5.74, 6) is 0.141. The molecule has 0 spiro atoms. The van der Waals surface area contributed by atoms with Gasteiger partial charge in [0.25, 0.3) is 0 Å². The second-order valence-electron chi connectivity index (χ2n) is 6.05. The van der Waals surface area contributed by atoms with Crippen LogP contribution in [0.25, 0.3) is 0 Å². The van der Waals surface area contributed by atoms with Crippen molar-refractivity contribution < 1.29 is 23.7 Å². The van der Waals surface area contributed by atoms with Crippen molar-refractivity contribution in [2.24, 2.45) is 0 Å². The van der Waals surface area contributed by atoms with E-state index in [9.17, 15) is 0 Å². The van der Waals surface area contributed by atoms with E-state index in [0.29, 0.717) is 6.10 Å². The van der Waals surface area contributed by atoms with E-state index in [2.05, 4.69) is 4.90 Å². The van der Waals surface area contributed by atoms with E-state index in [1.807, 2.05) is 0 Å². The van der Waals surface area contributed by atoms with Gasteiger partial charge in [-0.25, -0.2) is 0 Å². The highest BCUT2D eigenvalue weighted by molar-refractivity contribution is 6.36. The predicted molar refractivity (Wildman–Crippen MR) is 97.7 cm³/mol. The van der Waals surface area contributed by atoms with Crippen LogP contribution in [-0.4, -0.2) is 96.6 Å². The first-order valence-corrected chi connectivity index (χ1v) is 12.3. The van der Waals surface area contributed by atoms with Gasteiger partial charge in [0.05, 0.1) is 31.8 Å². The van der Waals surface area contributed by atoms with Crippen LogP contribution in [0.2, 0.25) is 12.1 Å². The molecule has 0 saturated carbocycles. The van der Waals surface area contributed by atoms with Gasteiger partial charge < -0.3 is 28.6 Å². The summed E-state index contributed by atoms with van der Waals surface area (Å²) in [5.41, 5.74) is 0. The highest BCUT2D eigenvalue weighted by atomic mass is 28.2. The lowest BCUT2D eigenvalue weighted by molar-refractivity contribution is -0.0442. The number of methoxy groups -OCH3 is 4. The summed E-state index contributed by atoms with van der Waals surface area (Å²) in [6.07, 6.45) is 2.94. The third kappa shape index (κ3) is 10.6. The smallest absolute Gasteiger partial charge is 0.134 e. The van der Waals surface area contributed by atoms with E-state index in [1.165, 1.54) is 24.9 Å². The molecule has 138 valence electrons. The van der Waals surface area contributed by atoms with Crippen LogP contribution in [0, 0.1) is 0 Å². The van der Waals surface area contributed by atoms with Gasteiger partial charge in [0.1, 0.15) is 11.8 Å². The molecule has 1 heterocycles. The minimum Gasteiger partial charge on any atom is -0.372 e. The highest BCUT2D eigenvalue weighted by Crippen LogP contribution is 2.12. The van der Waals surface area contributed by atoms with Crippen molar-refractivity contribution in [1.82, 2.24) is 4.90 Å². The summed E-state index contributed by atoms with van der Waals surface area (Å²) in [4.78, 5) is 2.56. The highest BCUT2D eigenvalue weighted by Gasteiger charge is 2.25. The fraction of sp³-hybridized carbons (Fsp3) is 1.00. The average molecular weight is 366 g/mol. The van der Waals surface area contributed by atoms with Crippen molar-refractivity contribution >= 4 is 19.0 Å². The molecule has 0 aliphatic carbocycles. The average Bonchev–Trinajstić information content (AvgIpc) is 3.38. The quantitative estimate of drug-likeness (QED) is 0.163. The molecule has 1 atom stereocenters. The zero-order valence-electron chi connectivity index (χ0n) is 15.3. The van der Waals surface area contributed by atoms with Crippen LogP contribution in [0.4, 0.5) is 0 Å². The Morgan fingerprint density at radius 1 is 0.913 bits per heavy atom. The Kier molecular flexibility index (Phi) is 12.4.